The van der Waals surface area contributed by atoms with Gasteiger partial charge in [0, 0.05) is 6.54 Å². The molecule has 4 amide bonds. The summed E-state index contributed by atoms with van der Waals surface area (Å²) in [7, 11) is 0. The third-order valence-electron chi connectivity index (χ3n) is 4.42. The van der Waals surface area contributed by atoms with Crippen LogP contribution in [0.3, 0.4) is 0 Å². The fraction of sp³-hybridized carbons (Fsp3) is 0.438. The largest absolute Gasteiger partial charge is 0.339 e. The van der Waals surface area contributed by atoms with E-state index in [-0.39, 0.29) is 18.4 Å². The highest BCUT2D eigenvalue weighted by atomic mass is 16.2. The van der Waals surface area contributed by atoms with E-state index in [0.717, 1.165) is 12.0 Å². The number of carbonyl (C=O) groups is 3. The molecule has 1 aromatic carbocycles. The van der Waals surface area contributed by atoms with Crippen LogP contribution in [0.5, 0.6) is 0 Å². The molecular formula is C16H19N3O3. The van der Waals surface area contributed by atoms with Gasteiger partial charge in [-0.3, -0.25) is 14.9 Å². The highest BCUT2D eigenvalue weighted by Crippen LogP contribution is 2.25. The Labute approximate surface area is 128 Å². The van der Waals surface area contributed by atoms with Crippen molar-refractivity contribution in [2.75, 3.05) is 13.1 Å². The van der Waals surface area contributed by atoms with Crippen molar-refractivity contribution in [3.05, 3.63) is 35.4 Å². The standard InChI is InChI=1S/C16H19N3O3/c1-2-11-3-5-12(6-4-11)9-13(20)19-8-7-16(10-19)14(21)17-15(22)18-16/h3-6H,2,7-10H2,1H3,(H2,17,18,21,22). The van der Waals surface area contributed by atoms with Crippen molar-refractivity contribution in [2.45, 2.75) is 31.7 Å². The van der Waals surface area contributed by atoms with Gasteiger partial charge in [-0.1, -0.05) is 31.2 Å². The summed E-state index contributed by atoms with van der Waals surface area (Å²) in [5.74, 6) is -0.352. The van der Waals surface area contributed by atoms with E-state index in [1.165, 1.54) is 5.56 Å². The predicted octanol–water partition coefficient (Wildman–Crippen LogP) is 0.602. The molecule has 2 heterocycles. The van der Waals surface area contributed by atoms with Gasteiger partial charge in [-0.05, 0) is 24.0 Å². The Morgan fingerprint density at radius 2 is 1.91 bits per heavy atom. The summed E-state index contributed by atoms with van der Waals surface area (Å²) in [5.41, 5.74) is 1.27. The second kappa shape index (κ2) is 5.44. The SMILES string of the molecule is CCc1ccc(CC(=O)N2CCC3(C2)NC(=O)NC3=O)cc1. The van der Waals surface area contributed by atoms with Crippen molar-refractivity contribution in [2.24, 2.45) is 0 Å². The van der Waals surface area contributed by atoms with Gasteiger partial charge in [-0.25, -0.2) is 4.79 Å². The molecule has 22 heavy (non-hydrogen) atoms. The summed E-state index contributed by atoms with van der Waals surface area (Å²) in [5, 5.41) is 4.89. The van der Waals surface area contributed by atoms with Crippen molar-refractivity contribution < 1.29 is 14.4 Å². The van der Waals surface area contributed by atoms with Gasteiger partial charge >= 0.3 is 6.03 Å². The lowest BCUT2D eigenvalue weighted by molar-refractivity contribution is -0.130. The summed E-state index contributed by atoms with van der Waals surface area (Å²) in [6, 6.07) is 7.51. The first-order valence-corrected chi connectivity index (χ1v) is 7.51. The van der Waals surface area contributed by atoms with Crippen LogP contribution < -0.4 is 10.6 Å². The van der Waals surface area contributed by atoms with Gasteiger partial charge in [0.2, 0.25) is 5.91 Å². The number of aryl methyl sites for hydroxylation is 1. The van der Waals surface area contributed by atoms with E-state index in [1.807, 2.05) is 24.3 Å². The molecule has 6 nitrogen and oxygen atoms in total. The summed E-state index contributed by atoms with van der Waals surface area (Å²) in [6.07, 6.45) is 1.75. The molecule has 0 radical (unpaired) electrons. The zero-order chi connectivity index (χ0) is 15.7. The number of imide groups is 1. The van der Waals surface area contributed by atoms with Gasteiger partial charge in [0.1, 0.15) is 5.54 Å². The molecular weight excluding hydrogens is 282 g/mol. The summed E-state index contributed by atoms with van der Waals surface area (Å²) in [6.45, 7) is 2.82. The molecule has 2 aliphatic rings. The molecule has 1 unspecified atom stereocenters. The number of nitrogens with one attached hydrogen (secondary N) is 2. The van der Waals surface area contributed by atoms with Crippen molar-refractivity contribution in [1.29, 1.82) is 0 Å². The average Bonchev–Trinajstić information content (AvgIpc) is 3.04. The molecule has 0 saturated carbocycles. The quantitative estimate of drug-likeness (QED) is 0.803. The van der Waals surface area contributed by atoms with E-state index >= 15 is 0 Å². The molecule has 0 aliphatic carbocycles. The minimum Gasteiger partial charge on any atom is -0.339 e. The van der Waals surface area contributed by atoms with E-state index in [0.29, 0.717) is 19.4 Å². The van der Waals surface area contributed by atoms with Gasteiger partial charge < -0.3 is 10.2 Å². The van der Waals surface area contributed by atoms with Crippen LogP contribution in [0.2, 0.25) is 0 Å². The Morgan fingerprint density at radius 3 is 2.50 bits per heavy atom. The first kappa shape index (κ1) is 14.6. The highest BCUT2D eigenvalue weighted by Gasteiger charge is 2.51. The third kappa shape index (κ3) is 2.56. The van der Waals surface area contributed by atoms with Crippen molar-refractivity contribution in [1.82, 2.24) is 15.5 Å². The van der Waals surface area contributed by atoms with Crippen LogP contribution in [-0.2, 0) is 22.4 Å². The molecule has 1 spiro atoms. The first-order chi connectivity index (χ1) is 10.5. The number of hydrogen-bond donors (Lipinski definition) is 2. The normalized spacial score (nSPS) is 23.8. The van der Waals surface area contributed by atoms with E-state index < -0.39 is 11.6 Å². The first-order valence-electron chi connectivity index (χ1n) is 7.51. The summed E-state index contributed by atoms with van der Waals surface area (Å²) >= 11 is 0. The monoisotopic (exact) mass is 301 g/mol. The van der Waals surface area contributed by atoms with Gasteiger partial charge in [0.05, 0.1) is 13.0 Å². The molecule has 116 valence electrons. The Balaban J connectivity index is 1.64. The second-order valence-electron chi connectivity index (χ2n) is 5.90. The van der Waals surface area contributed by atoms with Gasteiger partial charge in [0.25, 0.3) is 5.91 Å². The van der Waals surface area contributed by atoms with Crippen LogP contribution in [0.1, 0.15) is 24.5 Å². The Kier molecular flexibility index (Phi) is 3.60. The zero-order valence-electron chi connectivity index (χ0n) is 12.5. The lowest BCUT2D eigenvalue weighted by atomic mass is 9.99. The number of benzene rings is 1. The Hall–Kier alpha value is -2.37. The molecule has 0 bridgehead atoms. The van der Waals surface area contributed by atoms with Crippen molar-refractivity contribution in [3.63, 3.8) is 0 Å². The number of amides is 4. The summed E-state index contributed by atoms with van der Waals surface area (Å²) < 4.78 is 0. The van der Waals surface area contributed by atoms with E-state index in [1.54, 1.807) is 4.90 Å². The van der Waals surface area contributed by atoms with Gasteiger partial charge in [-0.15, -0.1) is 0 Å². The van der Waals surface area contributed by atoms with E-state index in [4.69, 9.17) is 0 Å². The highest BCUT2D eigenvalue weighted by molar-refractivity contribution is 6.07. The van der Waals surface area contributed by atoms with Crippen LogP contribution >= 0.6 is 0 Å². The van der Waals surface area contributed by atoms with Gasteiger partial charge in [-0.2, -0.15) is 0 Å². The maximum absolute atomic E-state index is 12.4. The molecule has 2 saturated heterocycles. The third-order valence-corrected chi connectivity index (χ3v) is 4.42. The average molecular weight is 301 g/mol. The topological polar surface area (TPSA) is 78.5 Å². The molecule has 3 rings (SSSR count). The lowest BCUT2D eigenvalue weighted by Crippen LogP contribution is -2.49. The van der Waals surface area contributed by atoms with Crippen LogP contribution in [0.15, 0.2) is 24.3 Å². The van der Waals surface area contributed by atoms with Crippen LogP contribution in [0.25, 0.3) is 0 Å². The predicted molar refractivity (Wildman–Crippen MR) is 80.1 cm³/mol. The summed E-state index contributed by atoms with van der Waals surface area (Å²) in [4.78, 5) is 37.2. The van der Waals surface area contributed by atoms with Crippen molar-refractivity contribution in [3.8, 4) is 0 Å². The number of carbonyl (C=O) groups excluding carboxylic acids is 3. The van der Waals surface area contributed by atoms with Crippen LogP contribution in [0, 0.1) is 0 Å². The molecule has 1 atom stereocenters. The van der Waals surface area contributed by atoms with E-state index in [9.17, 15) is 14.4 Å². The maximum atomic E-state index is 12.4. The minimum atomic E-state index is -0.932. The Bertz CT molecular complexity index is 626. The molecule has 1 aromatic rings. The van der Waals surface area contributed by atoms with Gasteiger partial charge in [0.15, 0.2) is 0 Å². The fourth-order valence-electron chi connectivity index (χ4n) is 3.02. The fourth-order valence-corrected chi connectivity index (χ4v) is 3.02. The molecule has 2 N–H and O–H groups in total. The van der Waals surface area contributed by atoms with Crippen LogP contribution in [0.4, 0.5) is 4.79 Å². The van der Waals surface area contributed by atoms with Crippen LogP contribution in [-0.4, -0.2) is 41.4 Å². The minimum absolute atomic E-state index is 0.0185. The number of nitrogens with zero attached hydrogens (tertiary/aromatic N) is 1. The number of urea groups is 1. The molecule has 0 aromatic heterocycles. The van der Waals surface area contributed by atoms with Crippen molar-refractivity contribution >= 4 is 17.8 Å². The molecule has 6 heteroatoms. The number of rotatable bonds is 3. The number of hydrogen-bond acceptors (Lipinski definition) is 3. The van der Waals surface area contributed by atoms with E-state index in [2.05, 4.69) is 17.6 Å². The molecule has 2 fully saturated rings. The lowest BCUT2D eigenvalue weighted by Gasteiger charge is -2.21. The number of likely N-dealkylation sites (tertiary alicyclic amines) is 1. The Morgan fingerprint density at radius 1 is 1.23 bits per heavy atom. The second-order valence-corrected chi connectivity index (χ2v) is 5.90. The smallest absolute Gasteiger partial charge is 0.322 e. The maximum Gasteiger partial charge on any atom is 0.322 e. The molecule has 2 aliphatic heterocycles. The zero-order valence-corrected chi connectivity index (χ0v) is 12.5.